The van der Waals surface area contributed by atoms with E-state index in [0.717, 1.165) is 24.5 Å². The lowest BCUT2D eigenvalue weighted by atomic mass is 10.1. The summed E-state index contributed by atoms with van der Waals surface area (Å²) in [6.07, 6.45) is 1.92. The van der Waals surface area contributed by atoms with E-state index in [2.05, 4.69) is 47.9 Å². The van der Waals surface area contributed by atoms with Crippen molar-refractivity contribution in [1.29, 1.82) is 0 Å². The van der Waals surface area contributed by atoms with Crippen molar-refractivity contribution in [3.8, 4) is 5.75 Å². The van der Waals surface area contributed by atoms with Gasteiger partial charge in [-0.25, -0.2) is 0 Å². The fraction of sp³-hybridized carbons (Fsp3) is 0.176. The molecular weight excluding hydrogens is 234 g/mol. The zero-order valence-corrected chi connectivity index (χ0v) is 10.8. The van der Waals surface area contributed by atoms with Gasteiger partial charge >= 0.3 is 0 Å². The lowest BCUT2D eigenvalue weighted by molar-refractivity contribution is 0.238. The Morgan fingerprint density at radius 3 is 2.63 bits per heavy atom. The van der Waals surface area contributed by atoms with Crippen molar-refractivity contribution in [2.45, 2.75) is 12.6 Å². The van der Waals surface area contributed by atoms with Crippen molar-refractivity contribution in [2.24, 2.45) is 0 Å². The molecule has 2 nitrogen and oxygen atoms in total. The van der Waals surface area contributed by atoms with Gasteiger partial charge in [0.05, 0.1) is 12.2 Å². The van der Waals surface area contributed by atoms with Crippen molar-refractivity contribution in [2.75, 3.05) is 11.4 Å². The molecule has 1 aliphatic heterocycles. The molecule has 2 aromatic rings. The van der Waals surface area contributed by atoms with E-state index in [1.165, 1.54) is 5.56 Å². The SMILES string of the molecule is C=CC1CN(Cc2ccccc2)c2ccccc2O1. The third-order valence-corrected chi connectivity index (χ3v) is 3.36. The van der Waals surface area contributed by atoms with Crippen LogP contribution < -0.4 is 9.64 Å². The molecule has 0 bridgehead atoms. The second kappa shape index (κ2) is 5.19. The number of nitrogens with zero attached hydrogens (tertiary/aromatic N) is 1. The predicted molar refractivity (Wildman–Crippen MR) is 78.5 cm³/mol. The van der Waals surface area contributed by atoms with Gasteiger partial charge in [0.1, 0.15) is 11.9 Å². The third kappa shape index (κ3) is 2.48. The van der Waals surface area contributed by atoms with Crippen molar-refractivity contribution in [3.63, 3.8) is 0 Å². The minimum Gasteiger partial charge on any atom is -0.482 e. The molecule has 0 amide bonds. The van der Waals surface area contributed by atoms with E-state index in [9.17, 15) is 0 Å². The van der Waals surface area contributed by atoms with Crippen molar-refractivity contribution in [3.05, 3.63) is 72.8 Å². The molecule has 1 atom stereocenters. The van der Waals surface area contributed by atoms with E-state index in [1.807, 2.05) is 24.3 Å². The smallest absolute Gasteiger partial charge is 0.143 e. The largest absolute Gasteiger partial charge is 0.482 e. The van der Waals surface area contributed by atoms with Crippen LogP contribution in [0.4, 0.5) is 5.69 Å². The molecule has 19 heavy (non-hydrogen) atoms. The number of ether oxygens (including phenoxy) is 1. The molecule has 0 radical (unpaired) electrons. The second-order valence-corrected chi connectivity index (χ2v) is 4.73. The van der Waals surface area contributed by atoms with Gasteiger partial charge in [0.2, 0.25) is 0 Å². The third-order valence-electron chi connectivity index (χ3n) is 3.36. The Morgan fingerprint density at radius 1 is 1.11 bits per heavy atom. The van der Waals surface area contributed by atoms with Crippen LogP contribution in [0, 0.1) is 0 Å². The number of benzene rings is 2. The van der Waals surface area contributed by atoms with Crippen molar-refractivity contribution >= 4 is 5.69 Å². The Bertz CT molecular complexity index is 564. The summed E-state index contributed by atoms with van der Waals surface area (Å²) in [7, 11) is 0. The van der Waals surface area contributed by atoms with Gasteiger partial charge in [-0.05, 0) is 23.8 Å². The molecule has 0 aliphatic carbocycles. The molecule has 96 valence electrons. The Kier molecular flexibility index (Phi) is 3.23. The summed E-state index contributed by atoms with van der Waals surface area (Å²) in [5.74, 6) is 0.939. The van der Waals surface area contributed by atoms with Gasteiger partial charge in [-0.2, -0.15) is 0 Å². The van der Waals surface area contributed by atoms with Gasteiger partial charge in [-0.3, -0.25) is 0 Å². The monoisotopic (exact) mass is 251 g/mol. The van der Waals surface area contributed by atoms with Crippen LogP contribution in [0.15, 0.2) is 67.3 Å². The maximum absolute atomic E-state index is 5.89. The number of hydrogen-bond acceptors (Lipinski definition) is 2. The maximum Gasteiger partial charge on any atom is 0.143 e. The van der Waals surface area contributed by atoms with E-state index in [-0.39, 0.29) is 6.10 Å². The molecule has 2 aromatic carbocycles. The second-order valence-electron chi connectivity index (χ2n) is 4.73. The summed E-state index contributed by atoms with van der Waals surface area (Å²) < 4.78 is 5.89. The molecule has 0 spiro atoms. The predicted octanol–water partition coefficient (Wildman–Crippen LogP) is 3.64. The molecule has 0 N–H and O–H groups in total. The summed E-state index contributed by atoms with van der Waals surface area (Å²) in [5.41, 5.74) is 2.46. The number of fused-ring (bicyclic) bond motifs is 1. The van der Waals surface area contributed by atoms with Crippen LogP contribution in [0.1, 0.15) is 5.56 Å². The van der Waals surface area contributed by atoms with Gasteiger partial charge in [-0.1, -0.05) is 49.0 Å². The van der Waals surface area contributed by atoms with E-state index in [4.69, 9.17) is 4.74 Å². The zero-order valence-electron chi connectivity index (χ0n) is 10.8. The molecule has 0 saturated carbocycles. The zero-order chi connectivity index (χ0) is 13.1. The van der Waals surface area contributed by atoms with E-state index >= 15 is 0 Å². The molecule has 3 rings (SSSR count). The first-order valence-corrected chi connectivity index (χ1v) is 6.54. The van der Waals surface area contributed by atoms with Crippen LogP contribution in [0.3, 0.4) is 0 Å². The summed E-state index contributed by atoms with van der Waals surface area (Å²) in [6.45, 7) is 5.58. The first-order chi connectivity index (χ1) is 9.36. The van der Waals surface area contributed by atoms with Gasteiger partial charge in [0.15, 0.2) is 0 Å². The number of anilines is 1. The Morgan fingerprint density at radius 2 is 1.84 bits per heavy atom. The van der Waals surface area contributed by atoms with Crippen LogP contribution >= 0.6 is 0 Å². The summed E-state index contributed by atoms with van der Waals surface area (Å²) in [4.78, 5) is 2.35. The quantitative estimate of drug-likeness (QED) is 0.772. The molecule has 0 fully saturated rings. The van der Waals surface area contributed by atoms with Crippen molar-refractivity contribution in [1.82, 2.24) is 0 Å². The van der Waals surface area contributed by atoms with Crippen LogP contribution in [-0.4, -0.2) is 12.6 Å². The maximum atomic E-state index is 5.89. The first kappa shape index (κ1) is 11.8. The highest BCUT2D eigenvalue weighted by Gasteiger charge is 2.23. The first-order valence-electron chi connectivity index (χ1n) is 6.54. The lowest BCUT2D eigenvalue weighted by Crippen LogP contribution is -2.38. The number of hydrogen-bond donors (Lipinski definition) is 0. The van der Waals surface area contributed by atoms with Crippen LogP contribution in [0.5, 0.6) is 5.75 Å². The van der Waals surface area contributed by atoms with Gasteiger partial charge < -0.3 is 9.64 Å². The minimum absolute atomic E-state index is 0.0543. The molecule has 0 aromatic heterocycles. The minimum atomic E-state index is 0.0543. The highest BCUT2D eigenvalue weighted by molar-refractivity contribution is 5.60. The summed E-state index contributed by atoms with van der Waals surface area (Å²) >= 11 is 0. The lowest BCUT2D eigenvalue weighted by Gasteiger charge is -2.35. The molecular formula is C17H17NO. The van der Waals surface area contributed by atoms with Gasteiger partial charge in [0.25, 0.3) is 0 Å². The summed E-state index contributed by atoms with van der Waals surface area (Å²) in [5, 5.41) is 0. The number of rotatable bonds is 3. The molecule has 1 heterocycles. The van der Waals surface area contributed by atoms with Gasteiger partial charge in [0, 0.05) is 6.54 Å². The highest BCUT2D eigenvalue weighted by atomic mass is 16.5. The fourth-order valence-corrected chi connectivity index (χ4v) is 2.41. The molecule has 1 aliphatic rings. The van der Waals surface area contributed by atoms with Crippen molar-refractivity contribution < 1.29 is 4.74 Å². The standard InChI is InChI=1S/C17H17NO/c1-2-15-13-18(12-14-8-4-3-5-9-14)16-10-6-7-11-17(16)19-15/h2-11,15H,1,12-13H2. The highest BCUT2D eigenvalue weighted by Crippen LogP contribution is 2.34. The molecule has 0 saturated heterocycles. The molecule has 1 unspecified atom stereocenters. The average Bonchev–Trinajstić information content (AvgIpc) is 2.48. The molecule has 2 heteroatoms. The normalized spacial score (nSPS) is 17.5. The Balaban J connectivity index is 1.90. The Hall–Kier alpha value is -2.22. The van der Waals surface area contributed by atoms with Crippen LogP contribution in [0.2, 0.25) is 0 Å². The van der Waals surface area contributed by atoms with Gasteiger partial charge in [-0.15, -0.1) is 0 Å². The van der Waals surface area contributed by atoms with Crippen LogP contribution in [0.25, 0.3) is 0 Å². The topological polar surface area (TPSA) is 12.5 Å². The Labute approximate surface area is 113 Å². The summed E-state index contributed by atoms with van der Waals surface area (Å²) in [6, 6.07) is 18.7. The average molecular weight is 251 g/mol. The van der Waals surface area contributed by atoms with E-state index in [1.54, 1.807) is 0 Å². The van der Waals surface area contributed by atoms with E-state index < -0.39 is 0 Å². The number of para-hydroxylation sites is 2. The van der Waals surface area contributed by atoms with Crippen LogP contribution in [-0.2, 0) is 6.54 Å². The fourth-order valence-electron chi connectivity index (χ4n) is 2.41. The van der Waals surface area contributed by atoms with E-state index in [0.29, 0.717) is 0 Å².